The molecule has 10 heteroatoms. The summed E-state index contributed by atoms with van der Waals surface area (Å²) in [6.07, 6.45) is 0.875. The van der Waals surface area contributed by atoms with E-state index >= 15 is 0 Å². The van der Waals surface area contributed by atoms with Crippen molar-refractivity contribution in [1.29, 1.82) is 0 Å². The SMILES string of the molecule is CS(=O)(=O)N(CC(=O)N1CCN(c2cccc(Cl)c2)CC1)c1ccc(F)cc1F. The van der Waals surface area contributed by atoms with Gasteiger partial charge in [0.05, 0.1) is 11.9 Å². The Kier molecular flexibility index (Phi) is 6.28. The maximum atomic E-state index is 14.1. The van der Waals surface area contributed by atoms with E-state index in [1.165, 1.54) is 4.90 Å². The van der Waals surface area contributed by atoms with Gasteiger partial charge in [0.2, 0.25) is 15.9 Å². The van der Waals surface area contributed by atoms with Crippen molar-refractivity contribution in [2.75, 3.05) is 48.2 Å². The first kappa shape index (κ1) is 21.3. The Bertz CT molecular complexity index is 1010. The molecule has 1 amide bonds. The molecule has 156 valence electrons. The maximum absolute atomic E-state index is 14.1. The molecule has 1 heterocycles. The smallest absolute Gasteiger partial charge is 0.243 e. The summed E-state index contributed by atoms with van der Waals surface area (Å²) in [6, 6.07) is 9.92. The first-order chi connectivity index (χ1) is 13.6. The number of hydrogen-bond donors (Lipinski definition) is 0. The fourth-order valence-corrected chi connectivity index (χ4v) is 4.21. The fraction of sp³-hybridized carbons (Fsp3) is 0.316. The Morgan fingerprint density at radius 1 is 1.10 bits per heavy atom. The highest BCUT2D eigenvalue weighted by molar-refractivity contribution is 7.92. The van der Waals surface area contributed by atoms with Crippen LogP contribution in [0.5, 0.6) is 0 Å². The number of hydrogen-bond acceptors (Lipinski definition) is 4. The average molecular weight is 444 g/mol. The van der Waals surface area contributed by atoms with E-state index in [1.807, 2.05) is 18.2 Å². The second-order valence-corrected chi connectivity index (χ2v) is 9.06. The van der Waals surface area contributed by atoms with Gasteiger partial charge in [0, 0.05) is 43.0 Å². The largest absolute Gasteiger partial charge is 0.368 e. The summed E-state index contributed by atoms with van der Waals surface area (Å²) < 4.78 is 52.2. The highest BCUT2D eigenvalue weighted by atomic mass is 35.5. The van der Waals surface area contributed by atoms with Crippen LogP contribution in [0.2, 0.25) is 5.02 Å². The van der Waals surface area contributed by atoms with Crippen LogP contribution < -0.4 is 9.21 Å². The fourth-order valence-electron chi connectivity index (χ4n) is 3.17. The Hall–Kier alpha value is -2.39. The van der Waals surface area contributed by atoms with E-state index in [9.17, 15) is 22.0 Å². The van der Waals surface area contributed by atoms with Gasteiger partial charge in [0.1, 0.15) is 18.2 Å². The van der Waals surface area contributed by atoms with E-state index in [1.54, 1.807) is 6.07 Å². The minimum atomic E-state index is -3.95. The van der Waals surface area contributed by atoms with Crippen LogP contribution in [0.25, 0.3) is 0 Å². The molecule has 0 spiro atoms. The average Bonchev–Trinajstić information content (AvgIpc) is 2.66. The lowest BCUT2D eigenvalue weighted by molar-refractivity contribution is -0.129. The van der Waals surface area contributed by atoms with E-state index < -0.39 is 34.1 Å². The number of sulfonamides is 1. The van der Waals surface area contributed by atoms with E-state index in [0.717, 1.165) is 24.1 Å². The van der Waals surface area contributed by atoms with Crippen molar-refractivity contribution >= 4 is 38.9 Å². The molecule has 0 bridgehead atoms. The highest BCUT2D eigenvalue weighted by Gasteiger charge is 2.28. The van der Waals surface area contributed by atoms with Crippen molar-refractivity contribution in [3.05, 3.63) is 59.1 Å². The molecule has 29 heavy (non-hydrogen) atoms. The van der Waals surface area contributed by atoms with E-state index in [-0.39, 0.29) is 5.69 Å². The summed E-state index contributed by atoms with van der Waals surface area (Å²) in [5.74, 6) is -2.33. The number of anilines is 2. The zero-order valence-electron chi connectivity index (χ0n) is 15.7. The third kappa shape index (κ3) is 5.16. The number of amides is 1. The predicted molar refractivity (Wildman–Crippen MR) is 109 cm³/mol. The zero-order chi connectivity index (χ0) is 21.2. The third-order valence-electron chi connectivity index (χ3n) is 4.66. The highest BCUT2D eigenvalue weighted by Crippen LogP contribution is 2.24. The van der Waals surface area contributed by atoms with Gasteiger partial charge in [0.25, 0.3) is 0 Å². The lowest BCUT2D eigenvalue weighted by Crippen LogP contribution is -2.52. The summed E-state index contributed by atoms with van der Waals surface area (Å²) in [5, 5.41) is 0.617. The van der Waals surface area contributed by atoms with Gasteiger partial charge in [-0.2, -0.15) is 0 Å². The summed E-state index contributed by atoms with van der Waals surface area (Å²) in [5.41, 5.74) is 0.579. The first-order valence-electron chi connectivity index (χ1n) is 8.86. The molecular weight excluding hydrogens is 424 g/mol. The molecule has 0 aromatic heterocycles. The van der Waals surface area contributed by atoms with Crippen molar-refractivity contribution in [3.63, 3.8) is 0 Å². The first-order valence-corrected chi connectivity index (χ1v) is 11.1. The van der Waals surface area contributed by atoms with Gasteiger partial charge in [-0.25, -0.2) is 17.2 Å². The summed E-state index contributed by atoms with van der Waals surface area (Å²) in [6.45, 7) is 1.31. The second kappa shape index (κ2) is 8.54. The number of carbonyl (C=O) groups excluding carboxylic acids is 1. The van der Waals surface area contributed by atoms with Crippen LogP contribution in [-0.2, 0) is 14.8 Å². The van der Waals surface area contributed by atoms with Gasteiger partial charge in [-0.3, -0.25) is 9.10 Å². The minimum absolute atomic E-state index is 0.361. The van der Waals surface area contributed by atoms with Gasteiger partial charge < -0.3 is 9.80 Å². The van der Waals surface area contributed by atoms with E-state index in [4.69, 9.17) is 11.6 Å². The van der Waals surface area contributed by atoms with Crippen LogP contribution in [0.1, 0.15) is 0 Å². The molecule has 3 rings (SSSR count). The molecule has 1 fully saturated rings. The standard InChI is InChI=1S/C19H20ClF2N3O3S/c1-29(27,28)25(18-6-5-15(21)12-17(18)22)13-19(26)24-9-7-23(8-10-24)16-4-2-3-14(20)11-16/h2-6,11-12H,7-10,13H2,1H3. The van der Waals surface area contributed by atoms with E-state index in [2.05, 4.69) is 4.90 Å². The summed E-state index contributed by atoms with van der Waals surface area (Å²) in [4.78, 5) is 16.3. The molecule has 0 saturated carbocycles. The second-order valence-electron chi connectivity index (χ2n) is 6.71. The molecule has 2 aromatic rings. The van der Waals surface area contributed by atoms with Crippen LogP contribution in [0.4, 0.5) is 20.2 Å². The number of rotatable bonds is 5. The van der Waals surface area contributed by atoms with Gasteiger partial charge in [0.15, 0.2) is 0 Å². The van der Waals surface area contributed by atoms with Gasteiger partial charge >= 0.3 is 0 Å². The molecule has 0 aliphatic carbocycles. The van der Waals surface area contributed by atoms with Crippen LogP contribution in [0.3, 0.4) is 0 Å². The van der Waals surface area contributed by atoms with Crippen molar-refractivity contribution in [1.82, 2.24) is 4.90 Å². The van der Waals surface area contributed by atoms with E-state index in [0.29, 0.717) is 41.6 Å². The third-order valence-corrected chi connectivity index (χ3v) is 6.02. The Morgan fingerprint density at radius 2 is 1.79 bits per heavy atom. The monoisotopic (exact) mass is 443 g/mol. The molecule has 1 aliphatic heterocycles. The van der Waals surface area contributed by atoms with Gasteiger partial charge in [-0.1, -0.05) is 17.7 Å². The number of benzene rings is 2. The number of carbonyl (C=O) groups is 1. The van der Waals surface area contributed by atoms with Crippen molar-refractivity contribution < 1.29 is 22.0 Å². The topological polar surface area (TPSA) is 60.9 Å². The lowest BCUT2D eigenvalue weighted by Gasteiger charge is -2.37. The van der Waals surface area contributed by atoms with Crippen LogP contribution in [0, 0.1) is 11.6 Å². The normalized spacial score (nSPS) is 14.8. The molecular formula is C19H20ClF2N3O3S. The number of halogens is 3. The summed E-state index contributed by atoms with van der Waals surface area (Å²) >= 11 is 6.02. The molecule has 6 nitrogen and oxygen atoms in total. The van der Waals surface area contributed by atoms with Gasteiger partial charge in [-0.05, 0) is 30.3 Å². The molecule has 1 saturated heterocycles. The van der Waals surface area contributed by atoms with Crippen molar-refractivity contribution in [3.8, 4) is 0 Å². The molecule has 0 atom stereocenters. The van der Waals surface area contributed by atoms with Crippen molar-refractivity contribution in [2.24, 2.45) is 0 Å². The Balaban J connectivity index is 1.69. The molecule has 0 radical (unpaired) electrons. The minimum Gasteiger partial charge on any atom is -0.368 e. The lowest BCUT2D eigenvalue weighted by atomic mass is 10.2. The quantitative estimate of drug-likeness (QED) is 0.713. The summed E-state index contributed by atoms with van der Waals surface area (Å²) in [7, 11) is -3.95. The Morgan fingerprint density at radius 3 is 2.38 bits per heavy atom. The molecule has 2 aromatic carbocycles. The number of piperazine rings is 1. The van der Waals surface area contributed by atoms with Crippen LogP contribution in [-0.4, -0.2) is 58.2 Å². The molecule has 1 aliphatic rings. The van der Waals surface area contributed by atoms with Gasteiger partial charge in [-0.15, -0.1) is 0 Å². The predicted octanol–water partition coefficient (Wildman–Crippen LogP) is 2.73. The molecule has 0 unspecified atom stereocenters. The zero-order valence-corrected chi connectivity index (χ0v) is 17.3. The molecule has 0 N–H and O–H groups in total. The van der Waals surface area contributed by atoms with Crippen LogP contribution in [0.15, 0.2) is 42.5 Å². The van der Waals surface area contributed by atoms with Crippen molar-refractivity contribution in [2.45, 2.75) is 0 Å². The number of nitrogens with zero attached hydrogens (tertiary/aromatic N) is 3. The maximum Gasteiger partial charge on any atom is 0.243 e. The van der Waals surface area contributed by atoms with Crippen LogP contribution >= 0.6 is 11.6 Å². The Labute approximate surface area is 173 Å².